The first-order valence-corrected chi connectivity index (χ1v) is 4.68. The van der Waals surface area contributed by atoms with Crippen molar-refractivity contribution < 1.29 is 4.39 Å². The Labute approximate surface area is 76.4 Å². The van der Waals surface area contributed by atoms with E-state index in [1.54, 1.807) is 0 Å². The molecule has 0 radical (unpaired) electrons. The number of allylic oxidation sites excluding steroid dienone is 4. The molecule has 10 heavy (non-hydrogen) atoms. The standard InChI is InChI=1S/C7H7Br2F/c1-4-2-5(8)7(10)6(9)3-4/h2,6H,3H2,1H3. The van der Waals surface area contributed by atoms with Gasteiger partial charge in [-0.2, -0.15) is 0 Å². The van der Waals surface area contributed by atoms with E-state index in [4.69, 9.17) is 0 Å². The summed E-state index contributed by atoms with van der Waals surface area (Å²) in [5.41, 5.74) is 1.19. The summed E-state index contributed by atoms with van der Waals surface area (Å²) in [5.74, 6) is -0.106. The van der Waals surface area contributed by atoms with Crippen LogP contribution in [0.5, 0.6) is 0 Å². The van der Waals surface area contributed by atoms with E-state index in [1.807, 2.05) is 13.0 Å². The lowest BCUT2D eigenvalue weighted by Gasteiger charge is -2.13. The molecule has 0 fully saturated rings. The quantitative estimate of drug-likeness (QED) is 0.589. The smallest absolute Gasteiger partial charge is 0.128 e. The van der Waals surface area contributed by atoms with E-state index in [-0.39, 0.29) is 10.7 Å². The number of alkyl halides is 1. The molecule has 3 heteroatoms. The summed E-state index contributed by atoms with van der Waals surface area (Å²) in [4.78, 5) is -0.133. The maximum atomic E-state index is 12.9. The van der Waals surface area contributed by atoms with Gasteiger partial charge in [0.25, 0.3) is 0 Å². The van der Waals surface area contributed by atoms with Crippen molar-refractivity contribution in [3.05, 3.63) is 22.0 Å². The van der Waals surface area contributed by atoms with Gasteiger partial charge in [-0.1, -0.05) is 21.5 Å². The Balaban J connectivity index is 2.92. The molecule has 0 aromatic carbocycles. The third-order valence-corrected chi connectivity index (χ3v) is 2.71. The van der Waals surface area contributed by atoms with Crippen LogP contribution in [0, 0.1) is 0 Å². The fourth-order valence-electron chi connectivity index (χ4n) is 0.866. The summed E-state index contributed by atoms with van der Waals surface area (Å²) >= 11 is 6.36. The van der Waals surface area contributed by atoms with Crippen molar-refractivity contribution >= 4 is 31.9 Å². The lowest BCUT2D eigenvalue weighted by atomic mass is 10.1. The van der Waals surface area contributed by atoms with Gasteiger partial charge in [0, 0.05) is 0 Å². The van der Waals surface area contributed by atoms with E-state index >= 15 is 0 Å². The van der Waals surface area contributed by atoms with Crippen LogP contribution < -0.4 is 0 Å². The molecular formula is C7H7Br2F. The second kappa shape index (κ2) is 3.18. The molecule has 1 aliphatic rings. The zero-order valence-electron chi connectivity index (χ0n) is 5.50. The zero-order valence-corrected chi connectivity index (χ0v) is 8.67. The Morgan fingerprint density at radius 3 is 2.80 bits per heavy atom. The Hall–Kier alpha value is 0.370. The van der Waals surface area contributed by atoms with Crippen molar-refractivity contribution in [1.82, 2.24) is 0 Å². The van der Waals surface area contributed by atoms with Gasteiger partial charge in [0.05, 0.1) is 9.31 Å². The molecule has 56 valence electrons. The number of hydrogen-bond donors (Lipinski definition) is 0. The van der Waals surface area contributed by atoms with Crippen molar-refractivity contribution in [3.63, 3.8) is 0 Å². The van der Waals surface area contributed by atoms with Crippen LogP contribution in [-0.4, -0.2) is 4.83 Å². The molecule has 0 bridgehead atoms. The molecule has 0 amide bonds. The summed E-state index contributed by atoms with van der Waals surface area (Å²) in [7, 11) is 0. The van der Waals surface area contributed by atoms with Crippen molar-refractivity contribution in [2.75, 3.05) is 0 Å². The molecular weight excluding hydrogens is 263 g/mol. The largest absolute Gasteiger partial charge is 0.209 e. The fraction of sp³-hybridized carbons (Fsp3) is 0.429. The summed E-state index contributed by atoms with van der Waals surface area (Å²) in [5, 5.41) is 0. The monoisotopic (exact) mass is 268 g/mol. The van der Waals surface area contributed by atoms with E-state index in [0.717, 1.165) is 6.42 Å². The molecule has 0 N–H and O–H groups in total. The van der Waals surface area contributed by atoms with E-state index in [1.165, 1.54) is 5.57 Å². The highest BCUT2D eigenvalue weighted by Crippen LogP contribution is 2.32. The highest BCUT2D eigenvalue weighted by molar-refractivity contribution is 9.12. The molecule has 1 aliphatic carbocycles. The molecule has 0 aliphatic heterocycles. The van der Waals surface area contributed by atoms with Crippen LogP contribution in [0.1, 0.15) is 13.3 Å². The van der Waals surface area contributed by atoms with Crippen LogP contribution in [0.3, 0.4) is 0 Å². The van der Waals surface area contributed by atoms with Gasteiger partial charge in [-0.25, -0.2) is 4.39 Å². The fourth-order valence-corrected chi connectivity index (χ4v) is 2.60. The van der Waals surface area contributed by atoms with E-state index in [9.17, 15) is 4.39 Å². The number of halogens is 3. The second-order valence-electron chi connectivity index (χ2n) is 2.36. The number of hydrogen-bond acceptors (Lipinski definition) is 0. The van der Waals surface area contributed by atoms with Crippen LogP contribution in [0.25, 0.3) is 0 Å². The summed E-state index contributed by atoms with van der Waals surface area (Å²) in [6.45, 7) is 1.99. The predicted molar refractivity (Wildman–Crippen MR) is 48.2 cm³/mol. The molecule has 1 unspecified atom stereocenters. The Bertz CT molecular complexity index is 206. The first kappa shape index (κ1) is 8.47. The zero-order chi connectivity index (χ0) is 7.72. The van der Waals surface area contributed by atoms with E-state index < -0.39 is 0 Å². The molecule has 1 rings (SSSR count). The average molecular weight is 270 g/mol. The molecule has 0 aromatic rings. The van der Waals surface area contributed by atoms with E-state index in [0.29, 0.717) is 4.48 Å². The van der Waals surface area contributed by atoms with Crippen LogP contribution in [0.4, 0.5) is 4.39 Å². The van der Waals surface area contributed by atoms with Crippen molar-refractivity contribution in [3.8, 4) is 0 Å². The Morgan fingerprint density at radius 2 is 2.30 bits per heavy atom. The molecule has 0 aromatic heterocycles. The minimum atomic E-state index is -0.133. The lowest BCUT2D eigenvalue weighted by molar-refractivity contribution is 0.591. The van der Waals surface area contributed by atoms with Crippen LogP contribution in [0.2, 0.25) is 0 Å². The van der Waals surface area contributed by atoms with Gasteiger partial charge < -0.3 is 0 Å². The normalized spacial score (nSPS) is 26.8. The maximum absolute atomic E-state index is 12.9. The highest BCUT2D eigenvalue weighted by atomic mass is 79.9. The van der Waals surface area contributed by atoms with Gasteiger partial charge in [0.2, 0.25) is 0 Å². The molecule has 0 heterocycles. The third-order valence-electron chi connectivity index (χ3n) is 1.38. The Kier molecular flexibility index (Phi) is 2.69. The molecule has 1 atom stereocenters. The maximum Gasteiger partial charge on any atom is 0.128 e. The first-order valence-electron chi connectivity index (χ1n) is 2.97. The summed E-state index contributed by atoms with van der Waals surface area (Å²) in [6.07, 6.45) is 2.58. The average Bonchev–Trinajstić information content (AvgIpc) is 1.82. The van der Waals surface area contributed by atoms with Gasteiger partial charge in [-0.15, -0.1) is 0 Å². The van der Waals surface area contributed by atoms with Gasteiger partial charge in [-0.05, 0) is 35.4 Å². The Morgan fingerprint density at radius 1 is 1.70 bits per heavy atom. The molecule has 0 spiro atoms. The van der Waals surface area contributed by atoms with Crippen LogP contribution in [-0.2, 0) is 0 Å². The summed E-state index contributed by atoms with van der Waals surface area (Å²) in [6, 6.07) is 0. The van der Waals surface area contributed by atoms with Crippen molar-refractivity contribution in [2.45, 2.75) is 18.2 Å². The molecule has 0 saturated carbocycles. The van der Waals surface area contributed by atoms with Gasteiger partial charge >= 0.3 is 0 Å². The van der Waals surface area contributed by atoms with Gasteiger partial charge in [-0.3, -0.25) is 0 Å². The number of rotatable bonds is 0. The summed E-state index contributed by atoms with van der Waals surface area (Å²) < 4.78 is 13.5. The second-order valence-corrected chi connectivity index (χ2v) is 4.32. The first-order chi connectivity index (χ1) is 4.61. The molecule has 0 nitrogen and oxygen atoms in total. The van der Waals surface area contributed by atoms with Gasteiger partial charge in [0.1, 0.15) is 5.83 Å². The highest BCUT2D eigenvalue weighted by Gasteiger charge is 2.18. The van der Waals surface area contributed by atoms with Crippen LogP contribution >= 0.6 is 31.9 Å². The third kappa shape index (κ3) is 1.70. The molecule has 0 saturated heterocycles. The van der Waals surface area contributed by atoms with Crippen molar-refractivity contribution in [1.29, 1.82) is 0 Å². The topological polar surface area (TPSA) is 0 Å². The predicted octanol–water partition coefficient (Wildman–Crippen LogP) is 3.68. The SMILES string of the molecule is CC1=CC(Br)=C(F)C(Br)C1. The minimum absolute atomic E-state index is 0.106. The van der Waals surface area contributed by atoms with Crippen molar-refractivity contribution in [2.24, 2.45) is 0 Å². The van der Waals surface area contributed by atoms with Gasteiger partial charge in [0.15, 0.2) is 0 Å². The minimum Gasteiger partial charge on any atom is -0.209 e. The lowest BCUT2D eigenvalue weighted by Crippen LogP contribution is -2.04. The van der Waals surface area contributed by atoms with Crippen LogP contribution in [0.15, 0.2) is 22.0 Å². The van der Waals surface area contributed by atoms with E-state index in [2.05, 4.69) is 31.9 Å².